The Morgan fingerprint density at radius 3 is 2.55 bits per heavy atom. The van der Waals surface area contributed by atoms with Crippen molar-refractivity contribution in [2.75, 3.05) is 31.9 Å². The maximum atomic E-state index is 3.85. The molecule has 3 aliphatic rings. The molecule has 3 heteroatoms. The quantitative estimate of drug-likeness (QED) is 0.836. The minimum absolute atomic E-state index is 0.456. The van der Waals surface area contributed by atoms with Crippen molar-refractivity contribution in [3.8, 4) is 0 Å². The monoisotopic (exact) mass is 296 g/mol. The molecule has 1 aliphatic heterocycles. The van der Waals surface area contributed by atoms with Gasteiger partial charge in [-0.3, -0.25) is 0 Å². The van der Waals surface area contributed by atoms with Crippen LogP contribution in [0.25, 0.3) is 0 Å². The molecule has 2 nitrogen and oxygen atoms in total. The molecule has 0 bridgehead atoms. The molecule has 2 saturated carbocycles. The molecule has 3 fully saturated rings. The smallest absolute Gasteiger partial charge is 0.0231 e. The van der Waals surface area contributed by atoms with Gasteiger partial charge in [0.15, 0.2) is 0 Å². The predicted octanol–water partition coefficient (Wildman–Crippen LogP) is 3.52. The second-order valence-electron chi connectivity index (χ2n) is 8.03. The van der Waals surface area contributed by atoms with Crippen LogP contribution in [0, 0.1) is 5.41 Å². The summed E-state index contributed by atoms with van der Waals surface area (Å²) in [6, 6.07) is 0.863. The zero-order valence-electron chi connectivity index (χ0n) is 13.4. The molecule has 0 atom stereocenters. The van der Waals surface area contributed by atoms with Crippen molar-refractivity contribution in [1.29, 1.82) is 0 Å². The molecule has 1 heterocycles. The van der Waals surface area contributed by atoms with Crippen molar-refractivity contribution < 1.29 is 0 Å². The van der Waals surface area contributed by atoms with Gasteiger partial charge in [0.05, 0.1) is 0 Å². The van der Waals surface area contributed by atoms with Gasteiger partial charge < -0.3 is 10.2 Å². The van der Waals surface area contributed by atoms with E-state index in [-0.39, 0.29) is 0 Å². The van der Waals surface area contributed by atoms with Crippen LogP contribution >= 0.6 is 11.8 Å². The number of nitrogens with zero attached hydrogens (tertiary/aromatic N) is 1. The Kier molecular flexibility index (Phi) is 4.69. The number of nitrogens with one attached hydrogen (secondary N) is 1. The first-order valence-corrected chi connectivity index (χ1v) is 9.65. The van der Waals surface area contributed by atoms with Gasteiger partial charge in [-0.2, -0.15) is 11.8 Å². The molecule has 0 unspecified atom stereocenters. The highest BCUT2D eigenvalue weighted by Crippen LogP contribution is 2.39. The summed E-state index contributed by atoms with van der Waals surface area (Å²) in [7, 11) is 0. The molecular weight excluding hydrogens is 264 g/mol. The maximum Gasteiger partial charge on any atom is 0.0231 e. The highest BCUT2D eigenvalue weighted by atomic mass is 32.2. The number of hydrogen-bond acceptors (Lipinski definition) is 3. The van der Waals surface area contributed by atoms with Crippen molar-refractivity contribution in [1.82, 2.24) is 10.2 Å². The molecule has 2 aliphatic carbocycles. The van der Waals surface area contributed by atoms with Crippen LogP contribution in [0.2, 0.25) is 0 Å². The summed E-state index contributed by atoms with van der Waals surface area (Å²) >= 11 is 2.16. The van der Waals surface area contributed by atoms with Gasteiger partial charge in [0.25, 0.3) is 0 Å². The third kappa shape index (κ3) is 4.14. The third-order valence-electron chi connectivity index (χ3n) is 5.32. The lowest BCUT2D eigenvalue weighted by Gasteiger charge is -2.45. The molecule has 0 aromatic heterocycles. The van der Waals surface area contributed by atoms with E-state index in [2.05, 4.69) is 35.8 Å². The summed E-state index contributed by atoms with van der Waals surface area (Å²) in [5, 5.41) is 3.85. The van der Waals surface area contributed by atoms with E-state index < -0.39 is 0 Å². The third-order valence-corrected chi connectivity index (χ3v) is 6.62. The average Bonchev–Trinajstić information content (AvgIpc) is 3.20. The molecule has 0 aromatic rings. The van der Waals surface area contributed by atoms with Gasteiger partial charge in [0, 0.05) is 42.7 Å². The van der Waals surface area contributed by atoms with Crippen LogP contribution in [0.4, 0.5) is 0 Å². The fraction of sp³-hybridized carbons (Fsp3) is 1.00. The Bertz CT molecular complexity index is 319. The summed E-state index contributed by atoms with van der Waals surface area (Å²) < 4.78 is 0.456. The summed E-state index contributed by atoms with van der Waals surface area (Å²) in [6.07, 6.45) is 10.1. The van der Waals surface area contributed by atoms with Crippen LogP contribution in [0.1, 0.15) is 58.8 Å². The van der Waals surface area contributed by atoms with Crippen molar-refractivity contribution >= 4 is 11.8 Å². The SMILES string of the molecule is CC1(C)CN(CC2(CNC3CC3)CCCCC2)CCS1. The van der Waals surface area contributed by atoms with Crippen molar-refractivity contribution in [2.24, 2.45) is 5.41 Å². The van der Waals surface area contributed by atoms with E-state index >= 15 is 0 Å². The van der Waals surface area contributed by atoms with E-state index in [4.69, 9.17) is 0 Å². The van der Waals surface area contributed by atoms with E-state index in [9.17, 15) is 0 Å². The first kappa shape index (κ1) is 15.2. The molecule has 3 rings (SSSR count). The van der Waals surface area contributed by atoms with E-state index in [1.54, 1.807) is 0 Å². The highest BCUT2D eigenvalue weighted by Gasteiger charge is 2.37. The van der Waals surface area contributed by atoms with Gasteiger partial charge in [0.2, 0.25) is 0 Å². The first-order chi connectivity index (χ1) is 9.57. The van der Waals surface area contributed by atoms with Crippen LogP contribution in [0.15, 0.2) is 0 Å². The normalized spacial score (nSPS) is 30.3. The fourth-order valence-corrected chi connectivity index (χ4v) is 5.24. The lowest BCUT2D eigenvalue weighted by atomic mass is 9.73. The zero-order valence-corrected chi connectivity index (χ0v) is 14.2. The van der Waals surface area contributed by atoms with E-state index in [0.717, 1.165) is 6.04 Å². The topological polar surface area (TPSA) is 15.3 Å². The molecule has 1 N–H and O–H groups in total. The van der Waals surface area contributed by atoms with Crippen LogP contribution < -0.4 is 5.32 Å². The summed E-state index contributed by atoms with van der Waals surface area (Å²) in [4.78, 5) is 2.77. The highest BCUT2D eigenvalue weighted by molar-refractivity contribution is 8.00. The van der Waals surface area contributed by atoms with Crippen molar-refractivity contribution in [3.63, 3.8) is 0 Å². The molecule has 0 spiro atoms. The standard InChI is InChI=1S/C17H32N2S/c1-16(2)13-19(10-11-20-16)14-17(8-4-3-5-9-17)12-18-15-6-7-15/h15,18H,3-14H2,1-2H3. The van der Waals surface area contributed by atoms with Gasteiger partial charge in [-0.1, -0.05) is 19.3 Å². The molecule has 0 aromatic carbocycles. The second-order valence-corrected chi connectivity index (χ2v) is 9.84. The maximum absolute atomic E-state index is 3.85. The largest absolute Gasteiger partial charge is 0.313 e. The Morgan fingerprint density at radius 1 is 1.15 bits per heavy atom. The van der Waals surface area contributed by atoms with Gasteiger partial charge >= 0.3 is 0 Å². The Morgan fingerprint density at radius 2 is 1.90 bits per heavy atom. The Hall–Kier alpha value is 0.270. The van der Waals surface area contributed by atoms with Gasteiger partial charge in [-0.05, 0) is 44.9 Å². The van der Waals surface area contributed by atoms with E-state index in [0.29, 0.717) is 10.2 Å². The van der Waals surface area contributed by atoms with Crippen LogP contribution in [-0.4, -0.2) is 47.6 Å². The molecule has 20 heavy (non-hydrogen) atoms. The first-order valence-electron chi connectivity index (χ1n) is 8.67. The van der Waals surface area contributed by atoms with Crippen LogP contribution in [0.3, 0.4) is 0 Å². The van der Waals surface area contributed by atoms with Gasteiger partial charge in [-0.15, -0.1) is 0 Å². The van der Waals surface area contributed by atoms with Crippen LogP contribution in [0.5, 0.6) is 0 Å². The zero-order chi connectivity index (χ0) is 14.1. The number of hydrogen-bond donors (Lipinski definition) is 1. The lowest BCUT2D eigenvalue weighted by Crippen LogP contribution is -2.51. The Labute approximate surface area is 129 Å². The average molecular weight is 297 g/mol. The molecular formula is C17H32N2S. The summed E-state index contributed by atoms with van der Waals surface area (Å²) in [5.74, 6) is 1.32. The van der Waals surface area contributed by atoms with E-state index in [1.165, 1.54) is 76.9 Å². The predicted molar refractivity (Wildman–Crippen MR) is 89.5 cm³/mol. The van der Waals surface area contributed by atoms with Gasteiger partial charge in [-0.25, -0.2) is 0 Å². The van der Waals surface area contributed by atoms with Crippen LogP contribution in [-0.2, 0) is 0 Å². The molecule has 0 amide bonds. The van der Waals surface area contributed by atoms with Crippen molar-refractivity contribution in [3.05, 3.63) is 0 Å². The fourth-order valence-electron chi connectivity index (χ4n) is 4.06. The molecule has 0 radical (unpaired) electrons. The molecule has 116 valence electrons. The Balaban J connectivity index is 1.59. The minimum atomic E-state index is 0.456. The van der Waals surface area contributed by atoms with E-state index in [1.807, 2.05) is 0 Å². The second kappa shape index (κ2) is 6.18. The number of thioether (sulfide) groups is 1. The lowest BCUT2D eigenvalue weighted by molar-refractivity contribution is 0.0985. The van der Waals surface area contributed by atoms with Crippen molar-refractivity contribution in [2.45, 2.75) is 69.6 Å². The van der Waals surface area contributed by atoms with Gasteiger partial charge in [0.1, 0.15) is 0 Å². The minimum Gasteiger partial charge on any atom is -0.313 e. The molecule has 1 saturated heterocycles. The summed E-state index contributed by atoms with van der Waals surface area (Å²) in [6.45, 7) is 10.0. The number of rotatable bonds is 5. The summed E-state index contributed by atoms with van der Waals surface area (Å²) in [5.41, 5.74) is 0.582.